The van der Waals surface area contributed by atoms with Crippen molar-refractivity contribution in [2.75, 3.05) is 0 Å². The molecule has 0 aliphatic rings. The molecule has 0 spiro atoms. The lowest BCUT2D eigenvalue weighted by molar-refractivity contribution is 1.15. The normalized spacial score (nSPS) is 10.7. The monoisotopic (exact) mass is 234 g/mol. The minimum Gasteiger partial charge on any atom is -0.264 e. The van der Waals surface area contributed by atoms with Gasteiger partial charge in [0.2, 0.25) is 0 Å². The second-order valence-electron chi connectivity index (χ2n) is 4.55. The summed E-state index contributed by atoms with van der Waals surface area (Å²) in [5.74, 6) is 0. The van der Waals surface area contributed by atoms with Crippen LogP contribution in [-0.2, 0) is 6.42 Å². The zero-order valence-electron chi connectivity index (χ0n) is 10.3. The van der Waals surface area contributed by atoms with E-state index in [1.165, 1.54) is 21.9 Å². The Hall–Kier alpha value is -2.22. The Kier molecular flexibility index (Phi) is 2.77. The van der Waals surface area contributed by atoms with Crippen molar-refractivity contribution in [2.24, 2.45) is 0 Å². The number of pyridine rings is 2. The highest BCUT2D eigenvalue weighted by Gasteiger charge is 1.99. The molecule has 0 fully saturated rings. The summed E-state index contributed by atoms with van der Waals surface area (Å²) in [6.07, 6.45) is 6.57. The minimum atomic E-state index is 0.914. The van der Waals surface area contributed by atoms with Crippen molar-refractivity contribution in [1.82, 2.24) is 9.97 Å². The molecular formula is C16H14N2. The standard InChI is InChI=1S/C16H14N2/c1-12-7-15-5-4-13(9-16(15)11-18-12)8-14-3-2-6-17-10-14/h2-7,9-11H,8H2,1H3. The molecule has 0 aliphatic carbocycles. The number of hydrogen-bond acceptors (Lipinski definition) is 2. The molecule has 3 aromatic rings. The van der Waals surface area contributed by atoms with Gasteiger partial charge in [-0.15, -0.1) is 0 Å². The van der Waals surface area contributed by atoms with Crippen molar-refractivity contribution in [3.63, 3.8) is 0 Å². The molecule has 0 radical (unpaired) electrons. The van der Waals surface area contributed by atoms with E-state index in [1.807, 2.05) is 25.4 Å². The van der Waals surface area contributed by atoms with Crippen molar-refractivity contribution < 1.29 is 0 Å². The molecule has 1 aromatic carbocycles. The molecule has 2 aromatic heterocycles. The zero-order chi connectivity index (χ0) is 12.4. The van der Waals surface area contributed by atoms with Gasteiger partial charge in [0.05, 0.1) is 0 Å². The number of nitrogens with zero attached hydrogens (tertiary/aromatic N) is 2. The Bertz CT molecular complexity index is 675. The van der Waals surface area contributed by atoms with Crippen LogP contribution >= 0.6 is 0 Å². The predicted molar refractivity (Wildman–Crippen MR) is 73.5 cm³/mol. The van der Waals surface area contributed by atoms with Crippen molar-refractivity contribution in [2.45, 2.75) is 13.3 Å². The molecule has 0 N–H and O–H groups in total. The van der Waals surface area contributed by atoms with Crippen LogP contribution < -0.4 is 0 Å². The molecule has 2 heterocycles. The Labute approximate surface area is 106 Å². The van der Waals surface area contributed by atoms with Gasteiger partial charge in [-0.05, 0) is 48.1 Å². The first-order valence-corrected chi connectivity index (χ1v) is 6.05. The molecule has 88 valence electrons. The number of benzene rings is 1. The fourth-order valence-electron chi connectivity index (χ4n) is 2.15. The lowest BCUT2D eigenvalue weighted by atomic mass is 10.0. The van der Waals surface area contributed by atoms with Crippen LogP contribution in [0.3, 0.4) is 0 Å². The average molecular weight is 234 g/mol. The molecule has 2 heteroatoms. The molecule has 0 unspecified atom stereocenters. The molecule has 3 rings (SSSR count). The van der Waals surface area contributed by atoms with Crippen LogP contribution in [0.25, 0.3) is 10.8 Å². The maximum absolute atomic E-state index is 4.34. The van der Waals surface area contributed by atoms with E-state index in [0.717, 1.165) is 12.1 Å². The number of aryl methyl sites for hydroxylation is 1. The van der Waals surface area contributed by atoms with Gasteiger partial charge in [0.15, 0.2) is 0 Å². The van der Waals surface area contributed by atoms with Crippen molar-refractivity contribution in [3.05, 3.63) is 71.8 Å². The van der Waals surface area contributed by atoms with Crippen LogP contribution in [-0.4, -0.2) is 9.97 Å². The smallest absolute Gasteiger partial charge is 0.0379 e. The summed E-state index contributed by atoms with van der Waals surface area (Å²) in [6, 6.07) is 12.7. The van der Waals surface area contributed by atoms with E-state index in [1.54, 1.807) is 6.20 Å². The molecule has 0 bridgehead atoms. The highest BCUT2D eigenvalue weighted by Crippen LogP contribution is 2.18. The largest absolute Gasteiger partial charge is 0.264 e. The van der Waals surface area contributed by atoms with Crippen LogP contribution in [0.4, 0.5) is 0 Å². The molecule has 0 saturated carbocycles. The summed E-state index contributed by atoms with van der Waals surface area (Å²) < 4.78 is 0. The highest BCUT2D eigenvalue weighted by atomic mass is 14.7. The summed E-state index contributed by atoms with van der Waals surface area (Å²) >= 11 is 0. The highest BCUT2D eigenvalue weighted by molar-refractivity contribution is 5.82. The Morgan fingerprint density at radius 3 is 2.72 bits per heavy atom. The summed E-state index contributed by atoms with van der Waals surface area (Å²) in [6.45, 7) is 2.02. The number of rotatable bonds is 2. The van der Waals surface area contributed by atoms with Crippen molar-refractivity contribution >= 4 is 10.8 Å². The number of fused-ring (bicyclic) bond motifs is 1. The number of hydrogen-bond donors (Lipinski definition) is 0. The fourth-order valence-corrected chi connectivity index (χ4v) is 2.15. The molecule has 0 aliphatic heterocycles. The van der Waals surface area contributed by atoms with Gasteiger partial charge in [-0.25, -0.2) is 0 Å². The molecular weight excluding hydrogens is 220 g/mol. The van der Waals surface area contributed by atoms with E-state index in [4.69, 9.17) is 0 Å². The average Bonchev–Trinajstić information content (AvgIpc) is 2.40. The van der Waals surface area contributed by atoms with Crippen LogP contribution in [0.2, 0.25) is 0 Å². The first-order chi connectivity index (χ1) is 8.81. The van der Waals surface area contributed by atoms with Gasteiger partial charge in [-0.1, -0.05) is 18.2 Å². The van der Waals surface area contributed by atoms with Gasteiger partial charge in [-0.3, -0.25) is 9.97 Å². The molecule has 0 amide bonds. The van der Waals surface area contributed by atoms with E-state index in [0.29, 0.717) is 0 Å². The lowest BCUT2D eigenvalue weighted by Gasteiger charge is -2.04. The van der Waals surface area contributed by atoms with Gasteiger partial charge in [0.25, 0.3) is 0 Å². The van der Waals surface area contributed by atoms with Gasteiger partial charge in [0, 0.05) is 29.7 Å². The van der Waals surface area contributed by atoms with E-state index in [-0.39, 0.29) is 0 Å². The SMILES string of the molecule is Cc1cc2ccc(Cc3cccnc3)cc2cn1. The zero-order valence-corrected chi connectivity index (χ0v) is 10.3. The van der Waals surface area contributed by atoms with E-state index in [9.17, 15) is 0 Å². The Morgan fingerprint density at radius 2 is 1.89 bits per heavy atom. The molecule has 0 saturated heterocycles. The maximum Gasteiger partial charge on any atom is 0.0379 e. The van der Waals surface area contributed by atoms with E-state index in [2.05, 4.69) is 40.3 Å². The van der Waals surface area contributed by atoms with Gasteiger partial charge < -0.3 is 0 Å². The molecule has 18 heavy (non-hydrogen) atoms. The van der Waals surface area contributed by atoms with Crippen LogP contribution in [0.1, 0.15) is 16.8 Å². The third kappa shape index (κ3) is 2.23. The third-order valence-electron chi connectivity index (χ3n) is 3.05. The second-order valence-corrected chi connectivity index (χ2v) is 4.55. The first-order valence-electron chi connectivity index (χ1n) is 6.05. The Morgan fingerprint density at radius 1 is 0.944 bits per heavy atom. The van der Waals surface area contributed by atoms with Gasteiger partial charge in [-0.2, -0.15) is 0 Å². The number of aromatic nitrogens is 2. The molecule has 2 nitrogen and oxygen atoms in total. The van der Waals surface area contributed by atoms with Crippen LogP contribution in [0.5, 0.6) is 0 Å². The second kappa shape index (κ2) is 4.57. The summed E-state index contributed by atoms with van der Waals surface area (Å²) in [4.78, 5) is 8.49. The van der Waals surface area contributed by atoms with Crippen LogP contribution in [0.15, 0.2) is 55.0 Å². The van der Waals surface area contributed by atoms with Gasteiger partial charge >= 0.3 is 0 Å². The summed E-state index contributed by atoms with van der Waals surface area (Å²) in [5.41, 5.74) is 3.58. The van der Waals surface area contributed by atoms with E-state index >= 15 is 0 Å². The maximum atomic E-state index is 4.34. The Balaban J connectivity index is 1.96. The van der Waals surface area contributed by atoms with Gasteiger partial charge in [0.1, 0.15) is 0 Å². The summed E-state index contributed by atoms with van der Waals surface area (Å²) in [5, 5.41) is 2.44. The molecule has 0 atom stereocenters. The fraction of sp³-hybridized carbons (Fsp3) is 0.125. The van der Waals surface area contributed by atoms with Crippen molar-refractivity contribution in [3.8, 4) is 0 Å². The lowest BCUT2D eigenvalue weighted by Crippen LogP contribution is -1.89. The summed E-state index contributed by atoms with van der Waals surface area (Å²) in [7, 11) is 0. The van der Waals surface area contributed by atoms with E-state index < -0.39 is 0 Å². The quantitative estimate of drug-likeness (QED) is 0.678. The predicted octanol–water partition coefficient (Wildman–Crippen LogP) is 3.53. The minimum absolute atomic E-state index is 0.914. The first kappa shape index (κ1) is 10.9. The topological polar surface area (TPSA) is 25.8 Å². The van der Waals surface area contributed by atoms with Crippen molar-refractivity contribution in [1.29, 1.82) is 0 Å². The van der Waals surface area contributed by atoms with Crippen LogP contribution in [0, 0.1) is 6.92 Å². The third-order valence-corrected chi connectivity index (χ3v) is 3.05.